The molecule has 0 aliphatic carbocycles. The van der Waals surface area contributed by atoms with Gasteiger partial charge in [-0.3, -0.25) is 0 Å². The van der Waals surface area contributed by atoms with Crippen LogP contribution in [0.1, 0.15) is 33.6 Å². The van der Waals surface area contributed by atoms with Gasteiger partial charge in [0.25, 0.3) is 0 Å². The molecule has 0 spiro atoms. The number of nitrogens with zero attached hydrogens (tertiary/aromatic N) is 1. The van der Waals surface area contributed by atoms with Gasteiger partial charge in [0.2, 0.25) is 0 Å². The first-order chi connectivity index (χ1) is 6.46. The zero-order chi connectivity index (χ0) is 11.4. The molecule has 0 amide bonds. The fourth-order valence-electron chi connectivity index (χ4n) is 2.52. The third-order valence-electron chi connectivity index (χ3n) is 3.43. The third-order valence-corrected chi connectivity index (χ3v) is 3.43. The summed E-state index contributed by atoms with van der Waals surface area (Å²) in [6.45, 7) is 10.7. The molecule has 84 valence electrons. The summed E-state index contributed by atoms with van der Waals surface area (Å²) in [7, 11) is 6.32. The maximum absolute atomic E-state index is 4.08. The van der Waals surface area contributed by atoms with Crippen LogP contribution in [-0.4, -0.2) is 37.6 Å². The molecule has 0 rings (SSSR count). The van der Waals surface area contributed by atoms with Gasteiger partial charge < -0.3 is 10.2 Å². The Hall–Kier alpha value is -0.340. The summed E-state index contributed by atoms with van der Waals surface area (Å²) in [6, 6.07) is 0.368. The number of rotatable bonds is 6. The molecule has 0 aromatic rings. The first kappa shape index (κ1) is 13.7. The molecule has 0 aliphatic heterocycles. The average Bonchev–Trinajstić information content (AvgIpc) is 2.12. The lowest BCUT2D eigenvalue weighted by molar-refractivity contribution is 0.106. The molecule has 0 bridgehead atoms. The van der Waals surface area contributed by atoms with E-state index in [1.165, 1.54) is 5.57 Å². The maximum atomic E-state index is 4.08. The summed E-state index contributed by atoms with van der Waals surface area (Å²) in [5, 5.41) is 3.38. The molecule has 2 heteroatoms. The lowest BCUT2D eigenvalue weighted by atomic mass is 9.80. The highest BCUT2D eigenvalue weighted by molar-refractivity contribution is 5.13. The highest BCUT2D eigenvalue weighted by Gasteiger charge is 2.37. The second-order valence-electron chi connectivity index (χ2n) is 4.27. The fourth-order valence-corrected chi connectivity index (χ4v) is 2.52. The lowest BCUT2D eigenvalue weighted by Crippen LogP contribution is -2.58. The van der Waals surface area contributed by atoms with Gasteiger partial charge in [-0.15, -0.1) is 0 Å². The first-order valence-electron chi connectivity index (χ1n) is 5.46. The van der Waals surface area contributed by atoms with Gasteiger partial charge in [0.1, 0.15) is 0 Å². The van der Waals surface area contributed by atoms with Gasteiger partial charge >= 0.3 is 0 Å². The van der Waals surface area contributed by atoms with Crippen LogP contribution >= 0.6 is 0 Å². The average molecular weight is 198 g/mol. The van der Waals surface area contributed by atoms with Crippen molar-refractivity contribution in [2.75, 3.05) is 21.1 Å². The Morgan fingerprint density at radius 1 is 1.36 bits per heavy atom. The third kappa shape index (κ3) is 2.37. The molecule has 0 saturated heterocycles. The van der Waals surface area contributed by atoms with E-state index in [2.05, 4.69) is 51.7 Å². The van der Waals surface area contributed by atoms with Crippen LogP contribution in [0, 0.1) is 0 Å². The van der Waals surface area contributed by atoms with Crippen molar-refractivity contribution in [1.29, 1.82) is 0 Å². The summed E-state index contributed by atoms with van der Waals surface area (Å²) >= 11 is 0. The van der Waals surface area contributed by atoms with Crippen LogP contribution in [0.2, 0.25) is 0 Å². The smallest absolute Gasteiger partial charge is 0.0458 e. The minimum Gasteiger partial charge on any atom is -0.312 e. The van der Waals surface area contributed by atoms with Crippen molar-refractivity contribution in [3.63, 3.8) is 0 Å². The largest absolute Gasteiger partial charge is 0.312 e. The second-order valence-corrected chi connectivity index (χ2v) is 4.27. The van der Waals surface area contributed by atoms with Crippen LogP contribution in [0.5, 0.6) is 0 Å². The van der Waals surface area contributed by atoms with Crippen LogP contribution in [0.15, 0.2) is 12.2 Å². The maximum Gasteiger partial charge on any atom is 0.0458 e. The van der Waals surface area contributed by atoms with E-state index in [1.54, 1.807) is 0 Å². The van der Waals surface area contributed by atoms with E-state index >= 15 is 0 Å². The molecule has 1 unspecified atom stereocenters. The van der Waals surface area contributed by atoms with Gasteiger partial charge in [-0.05, 0) is 40.9 Å². The SMILES string of the molecule is C=C(C)C(NC)C(CC)(CC)N(C)C. The quantitative estimate of drug-likeness (QED) is 0.659. The monoisotopic (exact) mass is 198 g/mol. The molecule has 1 N–H and O–H groups in total. The van der Waals surface area contributed by atoms with E-state index in [-0.39, 0.29) is 5.54 Å². The summed E-state index contributed by atoms with van der Waals surface area (Å²) in [5.41, 5.74) is 1.41. The van der Waals surface area contributed by atoms with E-state index in [0.29, 0.717) is 6.04 Å². The van der Waals surface area contributed by atoms with E-state index in [9.17, 15) is 0 Å². The molecule has 0 saturated carbocycles. The minimum absolute atomic E-state index is 0.195. The van der Waals surface area contributed by atoms with Crippen LogP contribution in [0.3, 0.4) is 0 Å². The van der Waals surface area contributed by atoms with Gasteiger partial charge in [-0.1, -0.05) is 26.0 Å². The molecule has 2 nitrogen and oxygen atoms in total. The van der Waals surface area contributed by atoms with Crippen molar-refractivity contribution in [2.45, 2.75) is 45.2 Å². The molecule has 0 aromatic heterocycles. The van der Waals surface area contributed by atoms with Crippen molar-refractivity contribution in [2.24, 2.45) is 0 Å². The summed E-state index contributed by atoms with van der Waals surface area (Å²) < 4.78 is 0. The molecule has 1 atom stereocenters. The normalized spacial score (nSPS) is 14.5. The Labute approximate surface area is 89.4 Å². The van der Waals surface area contributed by atoms with Crippen LogP contribution in [0.4, 0.5) is 0 Å². The molecule has 14 heavy (non-hydrogen) atoms. The molecule has 0 heterocycles. The van der Waals surface area contributed by atoms with Gasteiger partial charge in [0.15, 0.2) is 0 Å². The molecule has 0 fully saturated rings. The minimum atomic E-state index is 0.195. The van der Waals surface area contributed by atoms with Crippen molar-refractivity contribution in [3.8, 4) is 0 Å². The molecule has 0 radical (unpaired) electrons. The van der Waals surface area contributed by atoms with Crippen molar-refractivity contribution < 1.29 is 0 Å². The fraction of sp³-hybridized carbons (Fsp3) is 0.833. The molecular formula is C12H26N2. The van der Waals surface area contributed by atoms with Crippen LogP contribution in [-0.2, 0) is 0 Å². The Bertz CT molecular complexity index is 181. The number of hydrogen-bond acceptors (Lipinski definition) is 2. The summed E-state index contributed by atoms with van der Waals surface area (Å²) in [5.74, 6) is 0. The standard InChI is InChI=1S/C12H26N2/c1-8-12(9-2,14(6)7)11(13-5)10(3)4/h11,13H,3,8-9H2,1-2,4-7H3. The highest BCUT2D eigenvalue weighted by Crippen LogP contribution is 2.28. The lowest BCUT2D eigenvalue weighted by Gasteiger charge is -2.45. The van der Waals surface area contributed by atoms with E-state index < -0.39 is 0 Å². The summed E-state index contributed by atoms with van der Waals surface area (Å²) in [4.78, 5) is 2.32. The van der Waals surface area contributed by atoms with Gasteiger partial charge in [-0.25, -0.2) is 0 Å². The van der Waals surface area contributed by atoms with Crippen molar-refractivity contribution in [3.05, 3.63) is 12.2 Å². The number of likely N-dealkylation sites (N-methyl/N-ethyl adjacent to an activating group) is 2. The topological polar surface area (TPSA) is 15.3 Å². The Morgan fingerprint density at radius 3 is 1.86 bits per heavy atom. The Morgan fingerprint density at radius 2 is 1.79 bits per heavy atom. The van der Waals surface area contributed by atoms with Crippen LogP contribution < -0.4 is 5.32 Å². The van der Waals surface area contributed by atoms with Crippen LogP contribution in [0.25, 0.3) is 0 Å². The van der Waals surface area contributed by atoms with Gasteiger partial charge in [-0.2, -0.15) is 0 Å². The van der Waals surface area contributed by atoms with E-state index in [4.69, 9.17) is 0 Å². The van der Waals surface area contributed by atoms with Crippen molar-refractivity contribution in [1.82, 2.24) is 10.2 Å². The molecule has 0 aliphatic rings. The van der Waals surface area contributed by atoms with E-state index in [0.717, 1.165) is 12.8 Å². The molecular weight excluding hydrogens is 172 g/mol. The summed E-state index contributed by atoms with van der Waals surface area (Å²) in [6.07, 6.45) is 2.27. The first-order valence-corrected chi connectivity index (χ1v) is 5.46. The zero-order valence-electron chi connectivity index (χ0n) is 10.6. The highest BCUT2D eigenvalue weighted by atomic mass is 15.2. The van der Waals surface area contributed by atoms with E-state index in [1.807, 2.05) is 7.05 Å². The number of nitrogens with one attached hydrogen (secondary N) is 1. The number of hydrogen-bond donors (Lipinski definition) is 1. The Kier molecular flexibility index (Phi) is 5.38. The van der Waals surface area contributed by atoms with Gasteiger partial charge in [0, 0.05) is 11.6 Å². The van der Waals surface area contributed by atoms with Crippen molar-refractivity contribution >= 4 is 0 Å². The predicted octanol–water partition coefficient (Wildman–Crippen LogP) is 2.27. The van der Waals surface area contributed by atoms with Gasteiger partial charge in [0.05, 0.1) is 0 Å². The Balaban J connectivity index is 5.03. The zero-order valence-corrected chi connectivity index (χ0v) is 10.6. The predicted molar refractivity (Wildman–Crippen MR) is 64.7 cm³/mol. The molecule has 0 aromatic carbocycles. The second kappa shape index (κ2) is 5.52.